The lowest BCUT2D eigenvalue weighted by Gasteiger charge is -2.14. The fourth-order valence-electron chi connectivity index (χ4n) is 2.03. The van der Waals surface area contributed by atoms with Gasteiger partial charge in [-0.2, -0.15) is 0 Å². The van der Waals surface area contributed by atoms with Gasteiger partial charge in [0.05, 0.1) is 0 Å². The molecule has 76 valence electrons. The monoisotopic (exact) mass is 192 g/mol. The summed E-state index contributed by atoms with van der Waals surface area (Å²) < 4.78 is 1.90. The SMILES string of the molecule is Cc1cc(=O)n(C2CC2)c(C)c1CN. The van der Waals surface area contributed by atoms with Gasteiger partial charge in [-0.15, -0.1) is 0 Å². The van der Waals surface area contributed by atoms with Gasteiger partial charge in [-0.1, -0.05) is 0 Å². The summed E-state index contributed by atoms with van der Waals surface area (Å²) >= 11 is 0. The zero-order chi connectivity index (χ0) is 10.3. The third-order valence-corrected chi connectivity index (χ3v) is 2.97. The minimum absolute atomic E-state index is 0.125. The van der Waals surface area contributed by atoms with Crippen molar-refractivity contribution in [3.8, 4) is 0 Å². The summed E-state index contributed by atoms with van der Waals surface area (Å²) in [5.41, 5.74) is 9.00. The second-order valence-corrected chi connectivity index (χ2v) is 4.03. The number of rotatable bonds is 2. The lowest BCUT2D eigenvalue weighted by atomic mass is 10.1. The topological polar surface area (TPSA) is 48.0 Å². The highest BCUT2D eigenvalue weighted by atomic mass is 16.1. The third kappa shape index (κ3) is 1.38. The van der Waals surface area contributed by atoms with E-state index in [1.807, 2.05) is 18.4 Å². The van der Waals surface area contributed by atoms with Crippen LogP contribution in [0.1, 0.15) is 35.7 Å². The molecule has 0 bridgehead atoms. The highest BCUT2D eigenvalue weighted by Crippen LogP contribution is 2.35. The van der Waals surface area contributed by atoms with Crippen LogP contribution < -0.4 is 11.3 Å². The van der Waals surface area contributed by atoms with Crippen molar-refractivity contribution in [3.63, 3.8) is 0 Å². The molecule has 0 amide bonds. The summed E-state index contributed by atoms with van der Waals surface area (Å²) in [6.45, 7) is 4.47. The summed E-state index contributed by atoms with van der Waals surface area (Å²) in [5, 5.41) is 0. The van der Waals surface area contributed by atoms with Crippen molar-refractivity contribution in [2.24, 2.45) is 5.73 Å². The third-order valence-electron chi connectivity index (χ3n) is 2.97. The van der Waals surface area contributed by atoms with E-state index >= 15 is 0 Å². The Morgan fingerprint density at radius 1 is 1.50 bits per heavy atom. The van der Waals surface area contributed by atoms with Gasteiger partial charge in [0.1, 0.15) is 0 Å². The molecule has 3 nitrogen and oxygen atoms in total. The van der Waals surface area contributed by atoms with Gasteiger partial charge in [0, 0.05) is 24.3 Å². The first-order valence-electron chi connectivity index (χ1n) is 5.07. The maximum atomic E-state index is 11.7. The van der Waals surface area contributed by atoms with Crippen LogP contribution in [0.2, 0.25) is 0 Å². The first-order chi connectivity index (χ1) is 6.65. The predicted molar refractivity (Wildman–Crippen MR) is 56.3 cm³/mol. The molecule has 2 N–H and O–H groups in total. The van der Waals surface area contributed by atoms with Gasteiger partial charge in [-0.3, -0.25) is 4.79 Å². The Labute approximate surface area is 83.5 Å². The predicted octanol–water partition coefficient (Wildman–Crippen LogP) is 1.26. The van der Waals surface area contributed by atoms with Crippen molar-refractivity contribution in [3.05, 3.63) is 33.2 Å². The van der Waals surface area contributed by atoms with E-state index < -0.39 is 0 Å². The van der Waals surface area contributed by atoms with Crippen LogP contribution in [-0.2, 0) is 6.54 Å². The molecular weight excluding hydrogens is 176 g/mol. The fourth-order valence-corrected chi connectivity index (χ4v) is 2.03. The molecule has 0 saturated heterocycles. The van der Waals surface area contributed by atoms with Crippen LogP contribution in [0.5, 0.6) is 0 Å². The molecule has 1 heterocycles. The molecule has 1 aromatic rings. The number of aromatic nitrogens is 1. The van der Waals surface area contributed by atoms with E-state index in [2.05, 4.69) is 0 Å². The summed E-state index contributed by atoms with van der Waals surface area (Å²) in [6.07, 6.45) is 2.27. The molecule has 0 atom stereocenters. The van der Waals surface area contributed by atoms with Gasteiger partial charge in [0.25, 0.3) is 5.56 Å². The number of pyridine rings is 1. The molecule has 0 aliphatic heterocycles. The van der Waals surface area contributed by atoms with Crippen molar-refractivity contribution in [1.29, 1.82) is 0 Å². The first kappa shape index (κ1) is 9.46. The molecule has 0 aromatic carbocycles. The minimum atomic E-state index is 0.125. The van der Waals surface area contributed by atoms with Gasteiger partial charge in [0.2, 0.25) is 0 Å². The highest BCUT2D eigenvalue weighted by Gasteiger charge is 2.26. The number of nitrogens with zero attached hydrogens (tertiary/aromatic N) is 1. The first-order valence-corrected chi connectivity index (χ1v) is 5.07. The second kappa shape index (κ2) is 3.24. The van der Waals surface area contributed by atoms with Crippen LogP contribution in [0.3, 0.4) is 0 Å². The molecule has 0 unspecified atom stereocenters. The van der Waals surface area contributed by atoms with Crippen LogP contribution in [0.4, 0.5) is 0 Å². The van der Waals surface area contributed by atoms with Crippen LogP contribution in [-0.4, -0.2) is 4.57 Å². The molecule has 0 radical (unpaired) electrons. The van der Waals surface area contributed by atoms with Crippen LogP contribution in [0, 0.1) is 13.8 Å². The van der Waals surface area contributed by atoms with Gasteiger partial charge < -0.3 is 10.3 Å². The fraction of sp³-hybridized carbons (Fsp3) is 0.545. The van der Waals surface area contributed by atoms with E-state index in [0.29, 0.717) is 12.6 Å². The summed E-state index contributed by atoms with van der Waals surface area (Å²) in [7, 11) is 0. The number of aryl methyl sites for hydroxylation is 1. The van der Waals surface area contributed by atoms with E-state index in [4.69, 9.17) is 5.73 Å². The van der Waals surface area contributed by atoms with Crippen molar-refractivity contribution in [2.75, 3.05) is 0 Å². The van der Waals surface area contributed by atoms with Crippen molar-refractivity contribution in [1.82, 2.24) is 4.57 Å². The largest absolute Gasteiger partial charge is 0.326 e. The Morgan fingerprint density at radius 3 is 2.64 bits per heavy atom. The zero-order valence-electron chi connectivity index (χ0n) is 8.71. The Bertz CT molecular complexity index is 416. The smallest absolute Gasteiger partial charge is 0.251 e. The Kier molecular flexibility index (Phi) is 2.19. The van der Waals surface area contributed by atoms with Gasteiger partial charge in [-0.25, -0.2) is 0 Å². The van der Waals surface area contributed by atoms with Crippen molar-refractivity contribution in [2.45, 2.75) is 39.3 Å². The number of hydrogen-bond acceptors (Lipinski definition) is 2. The summed E-state index contributed by atoms with van der Waals surface area (Å²) in [5.74, 6) is 0. The average Bonchev–Trinajstić information content (AvgIpc) is 2.88. The summed E-state index contributed by atoms with van der Waals surface area (Å²) in [4.78, 5) is 11.7. The molecule has 1 aromatic heterocycles. The molecule has 3 heteroatoms. The maximum absolute atomic E-state index is 11.7. The molecule has 1 fully saturated rings. The Balaban J connectivity index is 2.64. The Morgan fingerprint density at radius 2 is 2.14 bits per heavy atom. The van der Waals surface area contributed by atoms with E-state index in [9.17, 15) is 4.79 Å². The highest BCUT2D eigenvalue weighted by molar-refractivity contribution is 5.29. The molecule has 14 heavy (non-hydrogen) atoms. The van der Waals surface area contributed by atoms with E-state index in [0.717, 1.165) is 29.7 Å². The second-order valence-electron chi connectivity index (χ2n) is 4.03. The average molecular weight is 192 g/mol. The molecule has 1 aliphatic rings. The molecule has 0 spiro atoms. The van der Waals surface area contributed by atoms with E-state index in [1.54, 1.807) is 6.07 Å². The van der Waals surface area contributed by atoms with Crippen molar-refractivity contribution >= 4 is 0 Å². The normalized spacial score (nSPS) is 15.9. The molecule has 2 rings (SSSR count). The summed E-state index contributed by atoms with van der Waals surface area (Å²) in [6, 6.07) is 2.14. The lowest BCUT2D eigenvalue weighted by Crippen LogP contribution is -2.24. The molecule has 1 aliphatic carbocycles. The molecular formula is C11H16N2O. The quantitative estimate of drug-likeness (QED) is 0.766. The number of hydrogen-bond donors (Lipinski definition) is 1. The van der Waals surface area contributed by atoms with E-state index in [-0.39, 0.29) is 5.56 Å². The minimum Gasteiger partial charge on any atom is -0.326 e. The van der Waals surface area contributed by atoms with E-state index in [1.165, 1.54) is 0 Å². The van der Waals surface area contributed by atoms with Crippen LogP contribution in [0.15, 0.2) is 10.9 Å². The van der Waals surface area contributed by atoms with Crippen molar-refractivity contribution < 1.29 is 0 Å². The van der Waals surface area contributed by atoms with Gasteiger partial charge in [0.15, 0.2) is 0 Å². The van der Waals surface area contributed by atoms with Crippen LogP contribution >= 0.6 is 0 Å². The lowest BCUT2D eigenvalue weighted by molar-refractivity contribution is 0.669. The molecule has 1 saturated carbocycles. The van der Waals surface area contributed by atoms with Gasteiger partial charge >= 0.3 is 0 Å². The Hall–Kier alpha value is -1.09. The standard InChI is InChI=1S/C11H16N2O/c1-7-5-11(14)13(9-3-4-9)8(2)10(7)6-12/h5,9H,3-4,6,12H2,1-2H3. The maximum Gasteiger partial charge on any atom is 0.251 e. The van der Waals surface area contributed by atoms with Gasteiger partial charge in [-0.05, 0) is 37.8 Å². The van der Waals surface area contributed by atoms with Crippen LogP contribution in [0.25, 0.3) is 0 Å². The number of nitrogens with two attached hydrogens (primary N) is 1. The zero-order valence-corrected chi connectivity index (χ0v) is 8.71.